The number of imidazole rings is 1. The van der Waals surface area contributed by atoms with Crippen molar-refractivity contribution in [1.82, 2.24) is 9.55 Å². The summed E-state index contributed by atoms with van der Waals surface area (Å²) in [5, 5.41) is 0.751. The van der Waals surface area contributed by atoms with Crippen LogP contribution < -0.4 is 4.90 Å². The lowest BCUT2D eigenvalue weighted by Gasteiger charge is -2.28. The van der Waals surface area contributed by atoms with Gasteiger partial charge in [0.2, 0.25) is 5.95 Å². The van der Waals surface area contributed by atoms with Crippen LogP contribution in [0.25, 0.3) is 16.7 Å². The summed E-state index contributed by atoms with van der Waals surface area (Å²) in [6, 6.07) is 14.5. The van der Waals surface area contributed by atoms with Crippen LogP contribution in [0.15, 0.2) is 42.5 Å². The number of benzene rings is 2. The fourth-order valence-corrected chi connectivity index (χ4v) is 3.53. The van der Waals surface area contributed by atoms with Gasteiger partial charge in [-0.1, -0.05) is 23.7 Å². The molecular weight excluding hydrogens is 306 g/mol. The molecule has 2 aromatic carbocycles. The van der Waals surface area contributed by atoms with E-state index in [9.17, 15) is 0 Å². The zero-order chi connectivity index (χ0) is 15.8. The Morgan fingerprint density at radius 2 is 1.83 bits per heavy atom. The van der Waals surface area contributed by atoms with Crippen molar-refractivity contribution in [2.45, 2.75) is 26.2 Å². The lowest BCUT2D eigenvalue weighted by molar-refractivity contribution is 0.567. The number of aromatic nitrogens is 2. The van der Waals surface area contributed by atoms with E-state index in [0.29, 0.717) is 0 Å². The Morgan fingerprint density at radius 1 is 1.00 bits per heavy atom. The summed E-state index contributed by atoms with van der Waals surface area (Å²) in [4.78, 5) is 7.33. The van der Waals surface area contributed by atoms with Crippen LogP contribution in [0.3, 0.4) is 0 Å². The van der Waals surface area contributed by atoms with Gasteiger partial charge < -0.3 is 4.90 Å². The first kappa shape index (κ1) is 14.6. The van der Waals surface area contributed by atoms with E-state index in [1.807, 2.05) is 18.2 Å². The second-order valence-electron chi connectivity index (χ2n) is 6.27. The van der Waals surface area contributed by atoms with E-state index in [-0.39, 0.29) is 0 Å². The van der Waals surface area contributed by atoms with Gasteiger partial charge in [0.15, 0.2) is 0 Å². The van der Waals surface area contributed by atoms with Gasteiger partial charge in [0, 0.05) is 18.1 Å². The molecule has 1 saturated heterocycles. The van der Waals surface area contributed by atoms with Crippen LogP contribution in [-0.2, 0) is 0 Å². The first-order chi connectivity index (χ1) is 11.2. The first-order valence-electron chi connectivity index (χ1n) is 8.22. The number of aryl methyl sites for hydroxylation is 1. The normalized spacial score (nSPS) is 15.3. The maximum Gasteiger partial charge on any atom is 0.211 e. The van der Waals surface area contributed by atoms with Gasteiger partial charge in [-0.2, -0.15) is 0 Å². The minimum Gasteiger partial charge on any atom is -0.342 e. The van der Waals surface area contributed by atoms with Gasteiger partial charge >= 0.3 is 0 Å². The summed E-state index contributed by atoms with van der Waals surface area (Å²) < 4.78 is 2.25. The molecule has 0 aliphatic carbocycles. The third kappa shape index (κ3) is 2.70. The Morgan fingerprint density at radius 3 is 2.61 bits per heavy atom. The molecule has 0 bridgehead atoms. The Balaban J connectivity index is 1.95. The van der Waals surface area contributed by atoms with Crippen LogP contribution in [-0.4, -0.2) is 22.6 Å². The number of nitrogens with zero attached hydrogens (tertiary/aromatic N) is 3. The number of rotatable bonds is 2. The van der Waals surface area contributed by atoms with Crippen molar-refractivity contribution in [2.75, 3.05) is 18.0 Å². The number of piperidine rings is 1. The maximum atomic E-state index is 6.23. The van der Waals surface area contributed by atoms with Crippen molar-refractivity contribution in [3.05, 3.63) is 53.1 Å². The molecule has 3 aromatic rings. The molecular formula is C19H20ClN3. The molecule has 118 valence electrons. The van der Waals surface area contributed by atoms with E-state index in [4.69, 9.17) is 16.6 Å². The van der Waals surface area contributed by atoms with Gasteiger partial charge in [-0.05, 0) is 62.1 Å². The lowest BCUT2D eigenvalue weighted by Crippen LogP contribution is -2.31. The van der Waals surface area contributed by atoms with E-state index >= 15 is 0 Å². The minimum absolute atomic E-state index is 0.751. The Kier molecular flexibility index (Phi) is 3.74. The van der Waals surface area contributed by atoms with Gasteiger partial charge in [0.1, 0.15) is 0 Å². The fraction of sp³-hybridized carbons (Fsp3) is 0.316. The van der Waals surface area contributed by atoms with Crippen molar-refractivity contribution in [1.29, 1.82) is 0 Å². The molecule has 1 aromatic heterocycles. The van der Waals surface area contributed by atoms with Crippen LogP contribution in [0.2, 0.25) is 5.02 Å². The second kappa shape index (κ2) is 5.89. The molecule has 0 amide bonds. The van der Waals surface area contributed by atoms with E-state index < -0.39 is 0 Å². The van der Waals surface area contributed by atoms with E-state index in [1.54, 1.807) is 0 Å². The summed E-state index contributed by atoms with van der Waals surface area (Å²) in [6.45, 7) is 4.26. The Bertz CT molecular complexity index is 847. The predicted octanol–water partition coefficient (Wildman–Crippen LogP) is 4.98. The van der Waals surface area contributed by atoms with Crippen LogP contribution in [0.1, 0.15) is 24.8 Å². The highest BCUT2D eigenvalue weighted by atomic mass is 35.5. The van der Waals surface area contributed by atoms with Gasteiger partial charge in [-0.3, -0.25) is 4.57 Å². The third-order valence-corrected chi connectivity index (χ3v) is 4.73. The van der Waals surface area contributed by atoms with Crippen LogP contribution in [0.4, 0.5) is 5.95 Å². The van der Waals surface area contributed by atoms with Crippen molar-refractivity contribution >= 4 is 28.6 Å². The monoisotopic (exact) mass is 325 g/mol. The van der Waals surface area contributed by atoms with E-state index in [1.165, 1.54) is 24.8 Å². The zero-order valence-electron chi connectivity index (χ0n) is 13.3. The molecule has 4 rings (SSSR count). The van der Waals surface area contributed by atoms with Crippen molar-refractivity contribution in [2.24, 2.45) is 0 Å². The molecule has 1 fully saturated rings. The Labute approximate surface area is 141 Å². The van der Waals surface area contributed by atoms with Crippen LogP contribution in [0, 0.1) is 6.92 Å². The molecule has 0 atom stereocenters. The lowest BCUT2D eigenvalue weighted by atomic mass is 10.1. The number of hydrogen-bond donors (Lipinski definition) is 0. The number of anilines is 1. The van der Waals surface area contributed by atoms with E-state index in [0.717, 1.165) is 40.8 Å². The molecule has 0 N–H and O–H groups in total. The Hall–Kier alpha value is -2.00. The van der Waals surface area contributed by atoms with Gasteiger partial charge in [0.25, 0.3) is 0 Å². The van der Waals surface area contributed by atoms with Crippen molar-refractivity contribution < 1.29 is 0 Å². The number of hydrogen-bond acceptors (Lipinski definition) is 2. The van der Waals surface area contributed by atoms with E-state index in [2.05, 4.69) is 40.7 Å². The molecule has 3 nitrogen and oxygen atoms in total. The molecule has 23 heavy (non-hydrogen) atoms. The summed E-state index contributed by atoms with van der Waals surface area (Å²) >= 11 is 6.23. The van der Waals surface area contributed by atoms with Gasteiger partial charge in [-0.15, -0.1) is 0 Å². The maximum absolute atomic E-state index is 6.23. The second-order valence-corrected chi connectivity index (χ2v) is 6.70. The third-order valence-electron chi connectivity index (χ3n) is 4.50. The van der Waals surface area contributed by atoms with Crippen molar-refractivity contribution in [3.63, 3.8) is 0 Å². The average Bonchev–Trinajstić information content (AvgIpc) is 2.94. The quantitative estimate of drug-likeness (QED) is 0.662. The number of halogens is 1. The highest BCUT2D eigenvalue weighted by Crippen LogP contribution is 2.30. The minimum atomic E-state index is 0.751. The fourth-order valence-electron chi connectivity index (χ4n) is 3.35. The van der Waals surface area contributed by atoms with Gasteiger partial charge in [0.05, 0.1) is 16.7 Å². The molecule has 0 radical (unpaired) electrons. The average molecular weight is 326 g/mol. The summed E-state index contributed by atoms with van der Waals surface area (Å²) in [6.07, 6.45) is 3.78. The predicted molar refractivity (Wildman–Crippen MR) is 96.9 cm³/mol. The smallest absolute Gasteiger partial charge is 0.211 e. The molecule has 1 aliphatic heterocycles. The first-order valence-corrected chi connectivity index (χ1v) is 8.60. The molecule has 0 saturated carbocycles. The molecule has 1 aliphatic rings. The topological polar surface area (TPSA) is 21.1 Å². The molecule has 4 heteroatoms. The summed E-state index contributed by atoms with van der Waals surface area (Å²) in [5.74, 6) is 1.03. The summed E-state index contributed by atoms with van der Waals surface area (Å²) in [7, 11) is 0. The van der Waals surface area contributed by atoms with Gasteiger partial charge in [-0.25, -0.2) is 4.98 Å². The number of fused-ring (bicyclic) bond motifs is 1. The highest BCUT2D eigenvalue weighted by Gasteiger charge is 2.20. The summed E-state index contributed by atoms with van der Waals surface area (Å²) in [5.41, 5.74) is 4.50. The molecule has 0 unspecified atom stereocenters. The molecule has 0 spiro atoms. The zero-order valence-corrected chi connectivity index (χ0v) is 14.1. The van der Waals surface area contributed by atoms with Crippen molar-refractivity contribution in [3.8, 4) is 5.69 Å². The largest absolute Gasteiger partial charge is 0.342 e. The standard InChI is InChI=1S/C19H20ClN3/c1-14-8-9-17-18(12-14)23(16-7-5-6-15(20)13-16)19(21-17)22-10-3-2-4-11-22/h5-9,12-13H,2-4,10-11H2,1H3. The van der Waals surface area contributed by atoms with Crippen LogP contribution in [0.5, 0.6) is 0 Å². The highest BCUT2D eigenvalue weighted by molar-refractivity contribution is 6.30. The molecule has 2 heterocycles. The van der Waals surface area contributed by atoms with Crippen LogP contribution >= 0.6 is 11.6 Å². The SMILES string of the molecule is Cc1ccc2nc(N3CCCCC3)n(-c3cccc(Cl)c3)c2c1.